The maximum absolute atomic E-state index is 13.8. The predicted molar refractivity (Wildman–Crippen MR) is 305 cm³/mol. The Balaban J connectivity index is 0.000000666. The van der Waals surface area contributed by atoms with Gasteiger partial charge in [0, 0.05) is 52.8 Å². The van der Waals surface area contributed by atoms with Crippen LogP contribution in [0.4, 0.5) is 70.2 Å². The average molecular weight is 1710 g/mol. The minimum Gasteiger partial charge on any atom is -0.548 e. The fourth-order valence-corrected chi connectivity index (χ4v) is 10.2. The van der Waals surface area contributed by atoms with Crippen molar-refractivity contribution in [1.82, 2.24) is 19.6 Å². The summed E-state index contributed by atoms with van der Waals surface area (Å²) in [7, 11) is 0. The first-order valence-electron chi connectivity index (χ1n) is 29.2. The Morgan fingerprint density at radius 1 is 0.274 bits per heavy atom. The van der Waals surface area contributed by atoms with Crippen molar-refractivity contribution in [2.75, 3.05) is 13.2 Å². The number of nitrogens with zero attached hydrogens (tertiary/aromatic N) is 4. The van der Waals surface area contributed by atoms with Crippen molar-refractivity contribution in [3.63, 3.8) is 0 Å². The van der Waals surface area contributed by atoms with Crippen molar-refractivity contribution in [1.29, 1.82) is 0 Å². The number of aliphatic carboxylic acids is 4. The molecular formula is C64H56F16N4O20Rh2-4. The predicted octanol–water partition coefficient (Wildman–Crippen LogP) is 5.15. The number of rotatable bonds is 10. The van der Waals surface area contributed by atoms with Crippen LogP contribution in [0.2, 0.25) is 0 Å². The zero-order valence-electron chi connectivity index (χ0n) is 57.4. The van der Waals surface area contributed by atoms with Gasteiger partial charge in [-0.3, -0.25) is 67.5 Å². The molecule has 2 radical (unpaired) electrons. The van der Waals surface area contributed by atoms with Gasteiger partial charge in [0.1, 0.15) is 0 Å². The van der Waals surface area contributed by atoms with Gasteiger partial charge in [0.25, 0.3) is 47.3 Å². The number of hydrogen-bond donors (Lipinski definition) is 0. The van der Waals surface area contributed by atoms with Crippen molar-refractivity contribution in [2.24, 2.45) is 21.7 Å². The van der Waals surface area contributed by atoms with E-state index in [0.717, 1.165) is 0 Å². The molecule has 4 aliphatic heterocycles. The molecule has 4 aromatic rings. The van der Waals surface area contributed by atoms with E-state index in [0.29, 0.717) is 13.2 Å². The van der Waals surface area contributed by atoms with Crippen LogP contribution < -0.4 is 20.4 Å². The largest absolute Gasteiger partial charge is 0.548 e. The Bertz CT molecular complexity index is 3650. The van der Waals surface area contributed by atoms with Gasteiger partial charge in [-0.1, -0.05) is 83.1 Å². The van der Waals surface area contributed by atoms with Gasteiger partial charge in [0.2, 0.25) is 0 Å². The van der Waals surface area contributed by atoms with Crippen LogP contribution in [-0.4, -0.2) is 140 Å². The zero-order chi connectivity index (χ0) is 81.4. The van der Waals surface area contributed by atoms with Crippen molar-refractivity contribution in [3.05, 3.63) is 138 Å². The van der Waals surface area contributed by atoms with Gasteiger partial charge < -0.3 is 49.1 Å². The third-order valence-corrected chi connectivity index (χ3v) is 14.4. The number of benzene rings is 4. The fourth-order valence-electron chi connectivity index (χ4n) is 10.2. The molecule has 0 bridgehead atoms. The second-order valence-electron chi connectivity index (χ2n) is 26.1. The van der Waals surface area contributed by atoms with Gasteiger partial charge >= 0.3 is 11.9 Å². The average Bonchev–Trinajstić information content (AvgIpc) is 1.60. The van der Waals surface area contributed by atoms with Crippen molar-refractivity contribution >= 4 is 83.1 Å². The molecule has 4 atom stereocenters. The number of halogens is 16. The van der Waals surface area contributed by atoms with Crippen LogP contribution >= 0.6 is 0 Å². The van der Waals surface area contributed by atoms with Crippen LogP contribution in [0, 0.1) is 115 Å². The number of imide groups is 4. The van der Waals surface area contributed by atoms with E-state index in [9.17, 15) is 158 Å². The maximum Gasteiger partial charge on any atom is 0.302 e. The normalized spacial score (nSPS) is 14.6. The molecule has 8 rings (SSSR count). The molecule has 106 heavy (non-hydrogen) atoms. The van der Waals surface area contributed by atoms with Gasteiger partial charge in [-0.05, 0) is 35.5 Å². The zero-order valence-corrected chi connectivity index (χ0v) is 60.7. The van der Waals surface area contributed by atoms with E-state index >= 15 is 0 Å². The Morgan fingerprint density at radius 3 is 0.434 bits per heavy atom. The number of carboxylic acids is 4. The molecule has 0 aromatic heterocycles. The second-order valence-corrected chi connectivity index (χ2v) is 26.1. The number of amides is 8. The Kier molecular flexibility index (Phi) is 30.9. The molecule has 4 heterocycles. The number of carbonyl (C=O) groups excluding carboxylic acids is 14. The first-order valence-corrected chi connectivity index (χ1v) is 29.2. The molecule has 0 spiro atoms. The summed E-state index contributed by atoms with van der Waals surface area (Å²) in [5.74, 6) is -54.8. The van der Waals surface area contributed by atoms with Gasteiger partial charge in [-0.2, -0.15) is 0 Å². The molecule has 24 nitrogen and oxygen atoms in total. The summed E-state index contributed by atoms with van der Waals surface area (Å²) in [5, 5.41) is 45.1. The number of esters is 2. The van der Waals surface area contributed by atoms with E-state index in [2.05, 4.69) is 9.47 Å². The molecule has 4 aliphatic rings. The van der Waals surface area contributed by atoms with Crippen molar-refractivity contribution in [3.8, 4) is 0 Å². The number of carbonyl (C=O) groups is 14. The molecule has 4 unspecified atom stereocenters. The quantitative estimate of drug-likeness (QED) is 0.0495. The standard InChI is InChI=1S/4C14H11F4NO4.2C4H8O2.2Rh/c4*1-14(2,3)10(13(22)23)19-11(20)4-5(12(19)21)7(16)9(18)8(17)6(4)15;2*1-3-6-4(2)5;;/h4*10H,1-3H3,(H,22,23);2*3H2,1-2H3;;/p-4. The Labute approximate surface area is 613 Å². The second kappa shape index (κ2) is 34.7. The topological polar surface area (TPSA) is 363 Å². The fraction of sp³-hybridized carbons (Fsp3) is 0.406. The van der Waals surface area contributed by atoms with Gasteiger partial charge in [-0.25, -0.2) is 70.2 Å². The van der Waals surface area contributed by atoms with Gasteiger partial charge in [-0.15, -0.1) is 0 Å². The minimum absolute atomic E-state index is 0. The first-order chi connectivity index (χ1) is 47.2. The summed E-state index contributed by atoms with van der Waals surface area (Å²) in [6.07, 6.45) is 0. The van der Waals surface area contributed by atoms with Crippen LogP contribution in [0.1, 0.15) is 194 Å². The molecule has 586 valence electrons. The molecule has 0 aliphatic carbocycles. The molecule has 42 heteroatoms. The maximum atomic E-state index is 13.8. The van der Waals surface area contributed by atoms with E-state index in [-0.39, 0.29) is 70.5 Å². The summed E-state index contributed by atoms with van der Waals surface area (Å²) < 4.78 is 225. The number of carboxylic acid groups (broad SMARTS) is 4. The van der Waals surface area contributed by atoms with E-state index < -0.39 is 255 Å². The van der Waals surface area contributed by atoms with Gasteiger partial charge in [0.05, 0.1) is 106 Å². The van der Waals surface area contributed by atoms with Crippen LogP contribution in [-0.2, 0) is 77.2 Å². The first kappa shape index (κ1) is 94.4. The summed E-state index contributed by atoms with van der Waals surface area (Å²) in [6, 6.07) is -7.56. The molecule has 0 saturated heterocycles. The summed E-state index contributed by atoms with van der Waals surface area (Å²) >= 11 is 0. The summed E-state index contributed by atoms with van der Waals surface area (Å²) in [6.45, 7) is 23.4. The number of ether oxygens (including phenoxy) is 2. The SMILES string of the molecule is CC(C)(C)C(C(=O)[O-])N1C(=O)c2c(F)c(F)c(F)c(F)c2C1=O.CC(C)(C)C(C(=O)[O-])N1C(=O)c2c(F)c(F)c(F)c(F)c2C1=O.CC(C)(C)C(C(=O)[O-])N1C(=O)c2c(F)c(F)c(F)c(F)c2C1=O.CC(C)(C)C(C(=O)[O-])N1C(=O)c2c(F)c(F)c(F)c(F)c2C1=O.CCOC(C)=O.CCOC(C)=O.[Rh].[Rh]. The minimum atomic E-state index is -2.26. The van der Waals surface area contributed by atoms with E-state index in [1.54, 1.807) is 13.8 Å². The van der Waals surface area contributed by atoms with Crippen LogP contribution in [0.25, 0.3) is 0 Å². The van der Waals surface area contributed by atoms with Crippen LogP contribution in [0.5, 0.6) is 0 Å². The molecular weight excluding hydrogens is 1650 g/mol. The van der Waals surface area contributed by atoms with E-state index in [1.165, 1.54) is 96.9 Å². The van der Waals surface area contributed by atoms with Crippen LogP contribution in [0.15, 0.2) is 0 Å². The van der Waals surface area contributed by atoms with Gasteiger partial charge in [0.15, 0.2) is 93.1 Å². The molecule has 0 N–H and O–H groups in total. The summed E-state index contributed by atoms with van der Waals surface area (Å²) in [5.41, 5.74) is -15.7. The third-order valence-electron chi connectivity index (χ3n) is 14.4. The monoisotopic (exact) mass is 1710 g/mol. The smallest absolute Gasteiger partial charge is 0.302 e. The van der Waals surface area contributed by atoms with E-state index in [1.807, 2.05) is 0 Å². The summed E-state index contributed by atoms with van der Waals surface area (Å²) in [4.78, 5) is 162. The molecule has 0 fully saturated rings. The Hall–Kier alpha value is -9.61. The third kappa shape index (κ3) is 18.2. The number of fused-ring (bicyclic) bond motifs is 4. The van der Waals surface area contributed by atoms with E-state index in [4.69, 9.17) is 0 Å². The Morgan fingerprint density at radius 2 is 0.377 bits per heavy atom. The molecule has 4 aromatic carbocycles. The van der Waals surface area contributed by atoms with Crippen molar-refractivity contribution < 1.29 is 206 Å². The number of hydrogen-bond acceptors (Lipinski definition) is 20. The molecule has 0 saturated carbocycles. The molecule has 8 amide bonds. The van der Waals surface area contributed by atoms with Crippen molar-refractivity contribution in [2.45, 2.75) is 135 Å². The van der Waals surface area contributed by atoms with Crippen LogP contribution in [0.3, 0.4) is 0 Å².